The number of rotatable bonds is 4. The molecule has 0 aromatic heterocycles. The van der Waals surface area contributed by atoms with Crippen LogP contribution in [0, 0.1) is 11.8 Å². The predicted molar refractivity (Wildman–Crippen MR) is 62.9 cm³/mol. The maximum atomic E-state index is 11.6. The lowest BCUT2D eigenvalue weighted by molar-refractivity contribution is -0.132. The second kappa shape index (κ2) is 5.80. The Kier molecular flexibility index (Phi) is 4.66. The van der Waals surface area contributed by atoms with Gasteiger partial charge in [0.25, 0.3) is 0 Å². The molecule has 1 saturated carbocycles. The van der Waals surface area contributed by atoms with Crippen LogP contribution in [0.15, 0.2) is 0 Å². The van der Waals surface area contributed by atoms with Gasteiger partial charge in [-0.25, -0.2) is 0 Å². The van der Waals surface area contributed by atoms with Crippen LogP contribution in [0.5, 0.6) is 0 Å². The predicted octanol–water partition coefficient (Wildman–Crippen LogP) is 0.372. The van der Waals surface area contributed by atoms with E-state index < -0.39 is 11.9 Å². The minimum atomic E-state index is -0.714. The lowest BCUT2D eigenvalue weighted by atomic mass is 9.82. The summed E-state index contributed by atoms with van der Waals surface area (Å²) in [7, 11) is 0. The Morgan fingerprint density at radius 2 is 2.06 bits per heavy atom. The Morgan fingerprint density at radius 3 is 2.53 bits per heavy atom. The molecule has 3 N–H and O–H groups in total. The summed E-state index contributed by atoms with van der Waals surface area (Å²) < 4.78 is 0. The topological polar surface area (TPSA) is 89.3 Å². The minimum Gasteiger partial charge on any atom is -0.368 e. The third-order valence-electron chi connectivity index (χ3n) is 3.12. The number of primary amides is 1. The van der Waals surface area contributed by atoms with Gasteiger partial charge < -0.3 is 11.1 Å². The molecular weight excluding hydrogens is 220 g/mol. The lowest BCUT2D eigenvalue weighted by Crippen LogP contribution is -2.51. The lowest BCUT2D eigenvalue weighted by Gasteiger charge is -2.28. The molecule has 2 amide bonds. The van der Waals surface area contributed by atoms with E-state index in [1.807, 2.05) is 0 Å². The maximum absolute atomic E-state index is 11.6. The molecule has 5 nitrogen and oxygen atoms in total. The zero-order chi connectivity index (χ0) is 13.0. The monoisotopic (exact) mass is 240 g/mol. The summed E-state index contributed by atoms with van der Waals surface area (Å²) in [5, 5.41) is 2.64. The van der Waals surface area contributed by atoms with Crippen LogP contribution in [-0.4, -0.2) is 23.6 Å². The average molecular weight is 240 g/mol. The van der Waals surface area contributed by atoms with Crippen LogP contribution >= 0.6 is 0 Å². The van der Waals surface area contributed by atoms with Gasteiger partial charge in [-0.15, -0.1) is 0 Å². The van der Waals surface area contributed by atoms with E-state index in [1.54, 1.807) is 13.8 Å². The molecule has 0 spiro atoms. The number of hydrogen-bond donors (Lipinski definition) is 2. The summed E-state index contributed by atoms with van der Waals surface area (Å²) >= 11 is 0. The Balaban J connectivity index is 2.68. The van der Waals surface area contributed by atoms with Crippen LogP contribution in [0.25, 0.3) is 0 Å². The van der Waals surface area contributed by atoms with Gasteiger partial charge >= 0.3 is 0 Å². The fourth-order valence-electron chi connectivity index (χ4n) is 2.08. The standard InChI is InChI=1S/C12H20N2O3/c1-7(2)12(17)14-10(11(13)16)8-4-3-5-9(15)6-8/h7-8,10H,3-6H2,1-2H3,(H2,13,16)(H,14,17)/t8-,10+/m1/s1. The van der Waals surface area contributed by atoms with Crippen molar-refractivity contribution in [1.82, 2.24) is 5.32 Å². The molecule has 1 fully saturated rings. The Morgan fingerprint density at radius 1 is 1.41 bits per heavy atom. The molecule has 2 atom stereocenters. The van der Waals surface area contributed by atoms with Gasteiger partial charge in [0.15, 0.2) is 0 Å². The van der Waals surface area contributed by atoms with E-state index in [-0.39, 0.29) is 23.5 Å². The van der Waals surface area contributed by atoms with Crippen LogP contribution in [-0.2, 0) is 14.4 Å². The Hall–Kier alpha value is -1.39. The van der Waals surface area contributed by atoms with Crippen LogP contribution in [0.1, 0.15) is 39.5 Å². The molecule has 1 rings (SSSR count). The van der Waals surface area contributed by atoms with Crippen LogP contribution in [0.2, 0.25) is 0 Å². The van der Waals surface area contributed by atoms with Crippen molar-refractivity contribution in [2.75, 3.05) is 0 Å². The molecule has 1 aliphatic carbocycles. The van der Waals surface area contributed by atoms with Crippen molar-refractivity contribution in [3.05, 3.63) is 0 Å². The van der Waals surface area contributed by atoms with Crippen LogP contribution in [0.4, 0.5) is 0 Å². The van der Waals surface area contributed by atoms with E-state index in [2.05, 4.69) is 5.32 Å². The number of nitrogens with one attached hydrogen (secondary N) is 1. The molecule has 5 heteroatoms. The first-order valence-electron chi connectivity index (χ1n) is 6.03. The summed E-state index contributed by atoms with van der Waals surface area (Å²) in [5.41, 5.74) is 5.30. The van der Waals surface area contributed by atoms with Crippen molar-refractivity contribution in [3.63, 3.8) is 0 Å². The molecule has 0 unspecified atom stereocenters. The van der Waals surface area contributed by atoms with E-state index in [4.69, 9.17) is 5.73 Å². The molecule has 0 saturated heterocycles. The quantitative estimate of drug-likeness (QED) is 0.744. The molecule has 0 aromatic carbocycles. The molecule has 1 aliphatic rings. The van der Waals surface area contributed by atoms with Crippen molar-refractivity contribution in [2.24, 2.45) is 17.6 Å². The molecule has 17 heavy (non-hydrogen) atoms. The smallest absolute Gasteiger partial charge is 0.240 e. The molecule has 0 bridgehead atoms. The van der Waals surface area contributed by atoms with Crippen molar-refractivity contribution >= 4 is 17.6 Å². The van der Waals surface area contributed by atoms with Gasteiger partial charge in [0.05, 0.1) is 0 Å². The van der Waals surface area contributed by atoms with Gasteiger partial charge in [-0.05, 0) is 18.8 Å². The third kappa shape index (κ3) is 3.84. The Bertz CT molecular complexity index is 326. The average Bonchev–Trinajstić information content (AvgIpc) is 2.24. The summed E-state index contributed by atoms with van der Waals surface area (Å²) in [5.74, 6) is -0.954. The fraction of sp³-hybridized carbons (Fsp3) is 0.750. The van der Waals surface area contributed by atoms with E-state index in [9.17, 15) is 14.4 Å². The van der Waals surface area contributed by atoms with Crippen molar-refractivity contribution in [3.8, 4) is 0 Å². The number of carbonyl (C=O) groups is 3. The van der Waals surface area contributed by atoms with Gasteiger partial charge in [0, 0.05) is 18.8 Å². The summed E-state index contributed by atoms with van der Waals surface area (Å²) in [6, 6.07) is -0.714. The first kappa shape index (κ1) is 13.7. The zero-order valence-corrected chi connectivity index (χ0v) is 10.4. The fourth-order valence-corrected chi connectivity index (χ4v) is 2.08. The van der Waals surface area contributed by atoms with Crippen molar-refractivity contribution < 1.29 is 14.4 Å². The van der Waals surface area contributed by atoms with Gasteiger partial charge in [-0.1, -0.05) is 13.8 Å². The number of carbonyl (C=O) groups excluding carboxylic acids is 3. The number of hydrogen-bond acceptors (Lipinski definition) is 3. The highest BCUT2D eigenvalue weighted by Crippen LogP contribution is 2.24. The van der Waals surface area contributed by atoms with E-state index >= 15 is 0 Å². The van der Waals surface area contributed by atoms with Gasteiger partial charge in [-0.3, -0.25) is 14.4 Å². The van der Waals surface area contributed by atoms with Gasteiger partial charge in [-0.2, -0.15) is 0 Å². The van der Waals surface area contributed by atoms with Gasteiger partial charge in [0.2, 0.25) is 11.8 Å². The molecule has 0 aromatic rings. The first-order chi connectivity index (χ1) is 7.91. The number of amides is 2. The second-order valence-electron chi connectivity index (χ2n) is 4.94. The second-order valence-corrected chi connectivity index (χ2v) is 4.94. The molecular formula is C12H20N2O3. The molecule has 0 heterocycles. The van der Waals surface area contributed by atoms with Crippen LogP contribution < -0.4 is 11.1 Å². The third-order valence-corrected chi connectivity index (χ3v) is 3.12. The highest BCUT2D eigenvalue weighted by atomic mass is 16.2. The SMILES string of the molecule is CC(C)C(=O)N[C@H](C(N)=O)[C@@H]1CCCC(=O)C1. The Labute approximate surface area is 101 Å². The molecule has 0 radical (unpaired) electrons. The van der Waals surface area contributed by atoms with E-state index in [0.29, 0.717) is 12.8 Å². The minimum absolute atomic E-state index is 0.142. The van der Waals surface area contributed by atoms with Gasteiger partial charge in [0.1, 0.15) is 11.8 Å². The summed E-state index contributed by atoms with van der Waals surface area (Å²) in [6.45, 7) is 3.50. The summed E-state index contributed by atoms with van der Waals surface area (Å²) in [6.07, 6.45) is 2.44. The highest BCUT2D eigenvalue weighted by molar-refractivity contribution is 5.88. The summed E-state index contributed by atoms with van der Waals surface area (Å²) in [4.78, 5) is 34.3. The molecule has 96 valence electrons. The maximum Gasteiger partial charge on any atom is 0.240 e. The first-order valence-corrected chi connectivity index (χ1v) is 6.03. The van der Waals surface area contributed by atoms with Crippen molar-refractivity contribution in [1.29, 1.82) is 0 Å². The van der Waals surface area contributed by atoms with Crippen molar-refractivity contribution in [2.45, 2.75) is 45.6 Å². The number of nitrogens with two attached hydrogens (primary N) is 1. The van der Waals surface area contributed by atoms with E-state index in [1.165, 1.54) is 0 Å². The number of ketones is 1. The largest absolute Gasteiger partial charge is 0.368 e. The molecule has 0 aliphatic heterocycles. The van der Waals surface area contributed by atoms with E-state index in [0.717, 1.165) is 12.8 Å². The highest BCUT2D eigenvalue weighted by Gasteiger charge is 2.32. The zero-order valence-electron chi connectivity index (χ0n) is 10.4. The van der Waals surface area contributed by atoms with Crippen LogP contribution in [0.3, 0.4) is 0 Å². The number of Topliss-reactive ketones (excluding diaryl/α,β-unsaturated/α-hetero) is 1. The normalized spacial score (nSPS) is 22.3.